The van der Waals surface area contributed by atoms with Gasteiger partial charge in [0.25, 0.3) is 11.5 Å². The van der Waals surface area contributed by atoms with Crippen LogP contribution in [0, 0.1) is 6.92 Å². The fourth-order valence-electron chi connectivity index (χ4n) is 3.11. The van der Waals surface area contributed by atoms with E-state index in [0.29, 0.717) is 24.3 Å². The summed E-state index contributed by atoms with van der Waals surface area (Å²) in [5, 5.41) is 3.84. The predicted molar refractivity (Wildman–Crippen MR) is 108 cm³/mol. The average molecular weight is 364 g/mol. The molecular weight excluding hydrogens is 340 g/mol. The lowest BCUT2D eigenvalue weighted by Gasteiger charge is -2.11. The standard InChI is InChI=1S/C22H24N2O3/c1-14(2)27-13-12-23-21(25)17-10-8-16(9-11-17)20-15(3)18-6-4-5-7-19(18)24-22(20)26/h4-11,14H,12-13H2,1-3H3,(H,23,25)(H,24,26). The van der Waals surface area contributed by atoms with Crippen molar-refractivity contribution in [2.24, 2.45) is 0 Å². The summed E-state index contributed by atoms with van der Waals surface area (Å²) in [7, 11) is 0. The van der Waals surface area contributed by atoms with Crippen LogP contribution in [0.4, 0.5) is 0 Å². The molecule has 0 saturated heterocycles. The van der Waals surface area contributed by atoms with E-state index >= 15 is 0 Å². The number of H-pyrrole nitrogens is 1. The fraction of sp³-hybridized carbons (Fsp3) is 0.273. The van der Waals surface area contributed by atoms with Crippen LogP contribution < -0.4 is 10.9 Å². The van der Waals surface area contributed by atoms with Crippen molar-refractivity contribution in [3.8, 4) is 11.1 Å². The van der Waals surface area contributed by atoms with Crippen LogP contribution in [0.15, 0.2) is 53.3 Å². The normalized spacial score (nSPS) is 11.1. The number of nitrogens with one attached hydrogen (secondary N) is 2. The zero-order valence-electron chi connectivity index (χ0n) is 15.8. The van der Waals surface area contributed by atoms with Crippen LogP contribution >= 0.6 is 0 Å². The first-order chi connectivity index (χ1) is 13.0. The van der Waals surface area contributed by atoms with Crippen molar-refractivity contribution >= 4 is 16.8 Å². The number of fused-ring (bicyclic) bond motifs is 1. The van der Waals surface area contributed by atoms with Gasteiger partial charge in [0.05, 0.1) is 18.3 Å². The van der Waals surface area contributed by atoms with Crippen molar-refractivity contribution in [3.05, 3.63) is 70.0 Å². The molecule has 0 unspecified atom stereocenters. The monoisotopic (exact) mass is 364 g/mol. The average Bonchev–Trinajstić information content (AvgIpc) is 2.65. The van der Waals surface area contributed by atoms with Gasteiger partial charge in [0.2, 0.25) is 0 Å². The van der Waals surface area contributed by atoms with Gasteiger partial charge in [-0.25, -0.2) is 0 Å². The highest BCUT2D eigenvalue weighted by Crippen LogP contribution is 2.25. The van der Waals surface area contributed by atoms with Gasteiger partial charge in [0, 0.05) is 23.0 Å². The van der Waals surface area contributed by atoms with Crippen LogP contribution in [0.2, 0.25) is 0 Å². The van der Waals surface area contributed by atoms with E-state index in [2.05, 4.69) is 10.3 Å². The molecule has 2 N–H and O–H groups in total. The molecule has 0 saturated carbocycles. The first-order valence-corrected chi connectivity index (χ1v) is 9.09. The van der Waals surface area contributed by atoms with Crippen molar-refractivity contribution < 1.29 is 9.53 Å². The van der Waals surface area contributed by atoms with E-state index in [0.717, 1.165) is 22.0 Å². The molecule has 3 aromatic rings. The molecule has 0 aliphatic carbocycles. The molecule has 2 aromatic carbocycles. The Hall–Kier alpha value is -2.92. The number of ether oxygens (including phenoxy) is 1. The van der Waals surface area contributed by atoms with Gasteiger partial charge < -0.3 is 15.0 Å². The number of benzene rings is 2. The molecule has 27 heavy (non-hydrogen) atoms. The second-order valence-electron chi connectivity index (χ2n) is 6.75. The Labute approximate surface area is 158 Å². The van der Waals surface area contributed by atoms with E-state index < -0.39 is 0 Å². The number of aryl methyl sites for hydroxylation is 1. The molecule has 0 spiro atoms. The van der Waals surface area contributed by atoms with E-state index in [1.807, 2.05) is 57.2 Å². The highest BCUT2D eigenvalue weighted by Gasteiger charge is 2.12. The largest absolute Gasteiger partial charge is 0.377 e. The molecule has 0 radical (unpaired) electrons. The highest BCUT2D eigenvalue weighted by molar-refractivity contribution is 5.95. The zero-order valence-corrected chi connectivity index (χ0v) is 15.8. The molecule has 1 amide bonds. The second kappa shape index (κ2) is 8.18. The minimum absolute atomic E-state index is 0.130. The van der Waals surface area contributed by atoms with E-state index in [1.54, 1.807) is 12.1 Å². The van der Waals surface area contributed by atoms with Crippen molar-refractivity contribution in [1.82, 2.24) is 10.3 Å². The van der Waals surface area contributed by atoms with Gasteiger partial charge >= 0.3 is 0 Å². The Balaban J connectivity index is 1.81. The van der Waals surface area contributed by atoms with Gasteiger partial charge in [-0.05, 0) is 50.1 Å². The number of hydrogen-bond acceptors (Lipinski definition) is 3. The maximum Gasteiger partial charge on any atom is 0.256 e. The van der Waals surface area contributed by atoms with Gasteiger partial charge in [-0.2, -0.15) is 0 Å². The number of carbonyl (C=O) groups excluding carboxylic acids is 1. The summed E-state index contributed by atoms with van der Waals surface area (Å²) >= 11 is 0. The third kappa shape index (κ3) is 4.26. The Kier molecular flexibility index (Phi) is 5.72. The van der Waals surface area contributed by atoms with E-state index in [-0.39, 0.29) is 17.6 Å². The maximum absolute atomic E-state index is 12.6. The summed E-state index contributed by atoms with van der Waals surface area (Å²) in [6.45, 7) is 6.80. The Morgan fingerprint density at radius 1 is 1.11 bits per heavy atom. The third-order valence-electron chi connectivity index (χ3n) is 4.46. The minimum atomic E-state index is -0.155. The van der Waals surface area contributed by atoms with Gasteiger partial charge in [-0.1, -0.05) is 30.3 Å². The Morgan fingerprint density at radius 2 is 1.81 bits per heavy atom. The quantitative estimate of drug-likeness (QED) is 0.656. The van der Waals surface area contributed by atoms with Crippen LogP contribution in [0.5, 0.6) is 0 Å². The third-order valence-corrected chi connectivity index (χ3v) is 4.46. The fourth-order valence-corrected chi connectivity index (χ4v) is 3.11. The molecule has 0 atom stereocenters. The number of aromatic nitrogens is 1. The predicted octanol–water partition coefficient (Wildman–Crippen LogP) is 3.66. The lowest BCUT2D eigenvalue weighted by atomic mass is 9.98. The molecule has 0 fully saturated rings. The molecule has 1 aromatic heterocycles. The van der Waals surface area contributed by atoms with Gasteiger partial charge in [0.1, 0.15) is 0 Å². The van der Waals surface area contributed by atoms with Gasteiger partial charge in [0.15, 0.2) is 0 Å². The van der Waals surface area contributed by atoms with Crippen molar-refractivity contribution in [2.45, 2.75) is 26.9 Å². The minimum Gasteiger partial charge on any atom is -0.377 e. The summed E-state index contributed by atoms with van der Waals surface area (Å²) in [4.78, 5) is 27.7. The zero-order chi connectivity index (χ0) is 19.4. The first-order valence-electron chi connectivity index (χ1n) is 9.09. The Bertz CT molecular complexity index is 1000. The van der Waals surface area contributed by atoms with Crippen LogP contribution in [0.1, 0.15) is 29.8 Å². The number of pyridine rings is 1. The first kappa shape index (κ1) is 18.9. The summed E-state index contributed by atoms with van der Waals surface area (Å²) in [5.41, 5.74) is 3.60. The maximum atomic E-state index is 12.6. The lowest BCUT2D eigenvalue weighted by molar-refractivity contribution is 0.0746. The number of hydrogen-bond donors (Lipinski definition) is 2. The second-order valence-corrected chi connectivity index (χ2v) is 6.75. The molecule has 0 bridgehead atoms. The Morgan fingerprint density at radius 3 is 2.52 bits per heavy atom. The number of para-hydroxylation sites is 1. The van der Waals surface area contributed by atoms with Crippen molar-refractivity contribution in [2.75, 3.05) is 13.2 Å². The topological polar surface area (TPSA) is 71.2 Å². The van der Waals surface area contributed by atoms with Crippen LogP contribution in [0.3, 0.4) is 0 Å². The SMILES string of the molecule is Cc1c(-c2ccc(C(=O)NCCOC(C)C)cc2)c(=O)[nH]c2ccccc12. The number of carbonyl (C=O) groups is 1. The van der Waals surface area contributed by atoms with E-state index in [9.17, 15) is 9.59 Å². The molecule has 0 aliphatic heterocycles. The lowest BCUT2D eigenvalue weighted by Crippen LogP contribution is -2.28. The van der Waals surface area contributed by atoms with Crippen LogP contribution in [0.25, 0.3) is 22.0 Å². The molecule has 5 nitrogen and oxygen atoms in total. The highest BCUT2D eigenvalue weighted by atomic mass is 16.5. The number of amides is 1. The van der Waals surface area contributed by atoms with Crippen molar-refractivity contribution in [3.63, 3.8) is 0 Å². The molecule has 0 aliphatic rings. The molecule has 1 heterocycles. The number of rotatable bonds is 6. The van der Waals surface area contributed by atoms with Crippen LogP contribution in [-0.2, 0) is 4.74 Å². The summed E-state index contributed by atoms with van der Waals surface area (Å²) < 4.78 is 5.41. The molecular formula is C22H24N2O3. The van der Waals surface area contributed by atoms with E-state index in [1.165, 1.54) is 0 Å². The summed E-state index contributed by atoms with van der Waals surface area (Å²) in [5.74, 6) is -0.155. The summed E-state index contributed by atoms with van der Waals surface area (Å²) in [6, 6.07) is 14.8. The molecule has 5 heteroatoms. The van der Waals surface area contributed by atoms with Crippen molar-refractivity contribution in [1.29, 1.82) is 0 Å². The molecule has 3 rings (SSSR count). The summed E-state index contributed by atoms with van der Waals surface area (Å²) in [6.07, 6.45) is 0.143. The molecule has 140 valence electrons. The van der Waals surface area contributed by atoms with Crippen LogP contribution in [-0.4, -0.2) is 30.1 Å². The van der Waals surface area contributed by atoms with Gasteiger partial charge in [-0.3, -0.25) is 9.59 Å². The van der Waals surface area contributed by atoms with E-state index in [4.69, 9.17) is 4.74 Å². The number of aromatic amines is 1. The smallest absolute Gasteiger partial charge is 0.256 e. The van der Waals surface area contributed by atoms with Gasteiger partial charge in [-0.15, -0.1) is 0 Å².